The van der Waals surface area contributed by atoms with E-state index < -0.39 is 5.82 Å². The Morgan fingerprint density at radius 2 is 2.27 bits per heavy atom. The van der Waals surface area contributed by atoms with Gasteiger partial charge in [0, 0.05) is 18.3 Å². The highest BCUT2D eigenvalue weighted by molar-refractivity contribution is 5.90. The molecular weight excluding hydrogens is 287 g/mol. The number of nitrogens with zero attached hydrogens (tertiary/aromatic N) is 1. The SMILES string of the molecule is CC[C@@]1(C)CN(C(=O)Nc2cc(F)c(OC)cc2C)CCO1. The van der Waals surface area contributed by atoms with E-state index in [0.29, 0.717) is 25.4 Å². The average Bonchev–Trinajstić information content (AvgIpc) is 2.50. The molecule has 0 aliphatic carbocycles. The number of morpholine rings is 1. The quantitative estimate of drug-likeness (QED) is 0.933. The van der Waals surface area contributed by atoms with Gasteiger partial charge in [-0.3, -0.25) is 0 Å². The molecule has 5 nitrogen and oxygen atoms in total. The summed E-state index contributed by atoms with van der Waals surface area (Å²) >= 11 is 0. The summed E-state index contributed by atoms with van der Waals surface area (Å²) < 4.78 is 24.4. The molecule has 0 bridgehead atoms. The molecule has 1 aliphatic rings. The highest BCUT2D eigenvalue weighted by atomic mass is 19.1. The first-order valence-electron chi connectivity index (χ1n) is 7.42. The van der Waals surface area contributed by atoms with E-state index in [1.165, 1.54) is 13.2 Å². The summed E-state index contributed by atoms with van der Waals surface area (Å²) in [5, 5.41) is 2.77. The molecule has 122 valence electrons. The van der Waals surface area contributed by atoms with Crippen LogP contribution in [0.2, 0.25) is 0 Å². The van der Waals surface area contributed by atoms with Crippen molar-refractivity contribution >= 4 is 11.7 Å². The Morgan fingerprint density at radius 1 is 1.55 bits per heavy atom. The lowest BCUT2D eigenvalue weighted by atomic mass is 10.0. The van der Waals surface area contributed by atoms with E-state index in [0.717, 1.165) is 12.0 Å². The van der Waals surface area contributed by atoms with E-state index in [1.807, 2.05) is 13.8 Å². The largest absolute Gasteiger partial charge is 0.494 e. The van der Waals surface area contributed by atoms with Gasteiger partial charge in [-0.05, 0) is 31.9 Å². The van der Waals surface area contributed by atoms with E-state index in [9.17, 15) is 9.18 Å². The highest BCUT2D eigenvalue weighted by Crippen LogP contribution is 2.26. The summed E-state index contributed by atoms with van der Waals surface area (Å²) in [6.45, 7) is 7.38. The number of hydrogen-bond acceptors (Lipinski definition) is 3. The van der Waals surface area contributed by atoms with Gasteiger partial charge in [0.05, 0.1) is 25.9 Å². The second-order valence-electron chi connectivity index (χ2n) is 5.81. The molecule has 2 rings (SSSR count). The second kappa shape index (κ2) is 6.52. The summed E-state index contributed by atoms with van der Waals surface area (Å²) in [6.07, 6.45) is 0.826. The van der Waals surface area contributed by atoms with Gasteiger partial charge in [0.2, 0.25) is 0 Å². The smallest absolute Gasteiger partial charge is 0.322 e. The highest BCUT2D eigenvalue weighted by Gasteiger charge is 2.32. The van der Waals surface area contributed by atoms with Crippen LogP contribution in [-0.4, -0.2) is 43.3 Å². The Bertz CT molecular complexity index is 565. The van der Waals surface area contributed by atoms with E-state index >= 15 is 0 Å². The van der Waals surface area contributed by atoms with Gasteiger partial charge in [-0.1, -0.05) is 6.92 Å². The number of methoxy groups -OCH3 is 1. The van der Waals surface area contributed by atoms with Crippen LogP contribution in [0.4, 0.5) is 14.9 Å². The fourth-order valence-electron chi connectivity index (χ4n) is 2.46. The Labute approximate surface area is 130 Å². The lowest BCUT2D eigenvalue weighted by Crippen LogP contribution is -2.53. The van der Waals surface area contributed by atoms with Crippen LogP contribution in [0.3, 0.4) is 0 Å². The molecule has 1 aliphatic heterocycles. The van der Waals surface area contributed by atoms with Crippen molar-refractivity contribution in [1.29, 1.82) is 0 Å². The number of halogens is 1. The maximum atomic E-state index is 13.8. The molecular formula is C16H23FN2O3. The number of anilines is 1. The van der Waals surface area contributed by atoms with Gasteiger partial charge in [0.15, 0.2) is 11.6 Å². The van der Waals surface area contributed by atoms with Gasteiger partial charge in [-0.25, -0.2) is 9.18 Å². The molecule has 0 aromatic heterocycles. The van der Waals surface area contributed by atoms with Crippen LogP contribution >= 0.6 is 0 Å². The van der Waals surface area contributed by atoms with Crippen molar-refractivity contribution in [2.75, 3.05) is 32.1 Å². The van der Waals surface area contributed by atoms with E-state index in [1.54, 1.807) is 17.9 Å². The van der Waals surface area contributed by atoms with Crippen molar-refractivity contribution in [3.05, 3.63) is 23.5 Å². The normalized spacial score (nSPS) is 21.6. The molecule has 1 heterocycles. The second-order valence-corrected chi connectivity index (χ2v) is 5.81. The Hall–Kier alpha value is -1.82. The first-order valence-corrected chi connectivity index (χ1v) is 7.42. The minimum atomic E-state index is -0.497. The molecule has 0 radical (unpaired) electrons. The van der Waals surface area contributed by atoms with Crippen LogP contribution < -0.4 is 10.1 Å². The summed E-state index contributed by atoms with van der Waals surface area (Å²) in [6, 6.07) is 2.61. The van der Waals surface area contributed by atoms with Gasteiger partial charge in [-0.15, -0.1) is 0 Å². The molecule has 22 heavy (non-hydrogen) atoms. The third-order valence-corrected chi connectivity index (χ3v) is 4.11. The molecule has 0 unspecified atom stereocenters. The zero-order valence-corrected chi connectivity index (χ0v) is 13.5. The maximum Gasteiger partial charge on any atom is 0.322 e. The Kier molecular flexibility index (Phi) is 4.90. The Morgan fingerprint density at radius 3 is 2.91 bits per heavy atom. The number of rotatable bonds is 3. The molecule has 1 N–H and O–H groups in total. The molecule has 1 saturated heterocycles. The van der Waals surface area contributed by atoms with Gasteiger partial charge >= 0.3 is 6.03 Å². The standard InChI is InChI=1S/C16H23FN2O3/c1-5-16(3)10-19(6-7-22-16)15(20)18-13-9-12(17)14(21-4)8-11(13)2/h8-9H,5-7,10H2,1-4H3,(H,18,20)/t16-/m0/s1. The van der Waals surface area contributed by atoms with Crippen molar-refractivity contribution < 1.29 is 18.7 Å². The fraction of sp³-hybridized carbons (Fsp3) is 0.562. The van der Waals surface area contributed by atoms with E-state index in [4.69, 9.17) is 9.47 Å². The van der Waals surface area contributed by atoms with Crippen molar-refractivity contribution in [1.82, 2.24) is 4.90 Å². The third-order valence-electron chi connectivity index (χ3n) is 4.11. The van der Waals surface area contributed by atoms with E-state index in [2.05, 4.69) is 5.32 Å². The number of urea groups is 1. The molecule has 6 heteroatoms. The number of benzene rings is 1. The number of nitrogens with one attached hydrogen (secondary N) is 1. The van der Waals surface area contributed by atoms with E-state index in [-0.39, 0.29) is 17.4 Å². The van der Waals surface area contributed by atoms with Crippen molar-refractivity contribution in [3.63, 3.8) is 0 Å². The van der Waals surface area contributed by atoms with Crippen LogP contribution in [0.5, 0.6) is 5.75 Å². The van der Waals surface area contributed by atoms with Crippen LogP contribution in [-0.2, 0) is 4.74 Å². The molecule has 0 saturated carbocycles. The van der Waals surface area contributed by atoms with Gasteiger partial charge < -0.3 is 19.7 Å². The monoisotopic (exact) mass is 310 g/mol. The predicted molar refractivity (Wildman–Crippen MR) is 82.9 cm³/mol. The number of amides is 2. The number of carbonyl (C=O) groups excluding carboxylic acids is 1. The number of hydrogen-bond donors (Lipinski definition) is 1. The summed E-state index contributed by atoms with van der Waals surface area (Å²) in [7, 11) is 1.41. The molecule has 1 aromatic carbocycles. The number of aryl methyl sites for hydroxylation is 1. The lowest BCUT2D eigenvalue weighted by Gasteiger charge is -2.40. The summed E-state index contributed by atoms with van der Waals surface area (Å²) in [4.78, 5) is 14.1. The van der Waals surface area contributed by atoms with Crippen molar-refractivity contribution in [3.8, 4) is 5.75 Å². The zero-order chi connectivity index (χ0) is 16.3. The summed E-state index contributed by atoms with van der Waals surface area (Å²) in [5.41, 5.74) is 0.876. The van der Waals surface area contributed by atoms with Crippen LogP contribution in [0, 0.1) is 12.7 Å². The topological polar surface area (TPSA) is 50.8 Å². The molecule has 2 amide bonds. The fourth-order valence-corrected chi connectivity index (χ4v) is 2.46. The predicted octanol–water partition coefficient (Wildman–Crippen LogP) is 3.18. The van der Waals surface area contributed by atoms with Gasteiger partial charge in [0.25, 0.3) is 0 Å². The van der Waals surface area contributed by atoms with Crippen LogP contribution in [0.25, 0.3) is 0 Å². The molecule has 0 spiro atoms. The van der Waals surface area contributed by atoms with Crippen LogP contribution in [0.15, 0.2) is 12.1 Å². The maximum absolute atomic E-state index is 13.8. The molecule has 1 aromatic rings. The number of carbonyl (C=O) groups is 1. The first kappa shape index (κ1) is 16.5. The summed E-state index contributed by atoms with van der Waals surface area (Å²) in [5.74, 6) is -0.329. The first-order chi connectivity index (χ1) is 10.4. The third kappa shape index (κ3) is 3.50. The zero-order valence-electron chi connectivity index (χ0n) is 13.5. The van der Waals surface area contributed by atoms with Crippen LogP contribution in [0.1, 0.15) is 25.8 Å². The number of ether oxygens (including phenoxy) is 2. The lowest BCUT2D eigenvalue weighted by molar-refractivity contribution is -0.0860. The Balaban J connectivity index is 2.10. The minimum Gasteiger partial charge on any atom is -0.494 e. The van der Waals surface area contributed by atoms with Gasteiger partial charge in [0.1, 0.15) is 0 Å². The molecule has 1 fully saturated rings. The van der Waals surface area contributed by atoms with Gasteiger partial charge in [-0.2, -0.15) is 0 Å². The molecule has 1 atom stereocenters. The van der Waals surface area contributed by atoms with Crippen molar-refractivity contribution in [2.24, 2.45) is 0 Å². The minimum absolute atomic E-state index is 0.167. The average molecular weight is 310 g/mol. The van der Waals surface area contributed by atoms with Crippen molar-refractivity contribution in [2.45, 2.75) is 32.8 Å².